The molecule has 0 heterocycles. The smallest absolute Gasteiger partial charge is 0.250 e. The van der Waals surface area contributed by atoms with Gasteiger partial charge >= 0.3 is 0 Å². The van der Waals surface area contributed by atoms with Gasteiger partial charge in [-0.1, -0.05) is 48.0 Å². The molecule has 0 fully saturated rings. The molecule has 0 saturated heterocycles. The number of carbonyl (C=O) groups is 2. The van der Waals surface area contributed by atoms with Crippen molar-refractivity contribution in [2.75, 3.05) is 11.9 Å². The monoisotopic (exact) mass is 353 g/mol. The number of benzene rings is 2. The van der Waals surface area contributed by atoms with Gasteiger partial charge in [-0.25, -0.2) is 0 Å². The van der Waals surface area contributed by atoms with Crippen molar-refractivity contribution in [1.29, 1.82) is 0 Å². The maximum Gasteiger partial charge on any atom is 0.250 e. The van der Waals surface area contributed by atoms with Gasteiger partial charge in [0.1, 0.15) is 5.54 Å². The fourth-order valence-electron chi connectivity index (χ4n) is 2.67. The van der Waals surface area contributed by atoms with Gasteiger partial charge in [-0.3, -0.25) is 9.59 Å². The largest absolute Gasteiger partial charge is 0.368 e. The predicted octanol–water partition coefficient (Wildman–Crippen LogP) is 2.96. The zero-order valence-corrected chi connectivity index (χ0v) is 15.8. The molecule has 0 bridgehead atoms. The molecule has 26 heavy (non-hydrogen) atoms. The summed E-state index contributed by atoms with van der Waals surface area (Å²) in [6.45, 7) is 7.53. The predicted molar refractivity (Wildman–Crippen MR) is 105 cm³/mol. The van der Waals surface area contributed by atoms with E-state index in [9.17, 15) is 9.59 Å². The van der Waals surface area contributed by atoms with Gasteiger partial charge in [-0.05, 0) is 45.4 Å². The number of amides is 2. The number of anilines is 1. The summed E-state index contributed by atoms with van der Waals surface area (Å²) < 4.78 is 0. The molecule has 5 nitrogen and oxygen atoms in total. The van der Waals surface area contributed by atoms with Crippen LogP contribution in [-0.2, 0) is 15.1 Å². The van der Waals surface area contributed by atoms with Crippen LogP contribution in [0.2, 0.25) is 0 Å². The highest BCUT2D eigenvalue weighted by Crippen LogP contribution is 2.26. The van der Waals surface area contributed by atoms with E-state index >= 15 is 0 Å². The lowest BCUT2D eigenvalue weighted by Crippen LogP contribution is -2.50. The van der Waals surface area contributed by atoms with Crippen molar-refractivity contribution in [2.45, 2.75) is 39.3 Å². The zero-order chi connectivity index (χ0) is 19.2. The number of rotatable bonds is 7. The Bertz CT molecular complexity index is 742. The van der Waals surface area contributed by atoms with Crippen molar-refractivity contribution in [2.24, 2.45) is 0 Å². The van der Waals surface area contributed by atoms with Crippen molar-refractivity contribution in [3.63, 3.8) is 0 Å². The molecule has 2 rings (SSSR count). The third-order valence-corrected chi connectivity index (χ3v) is 4.11. The maximum absolute atomic E-state index is 13.0. The lowest BCUT2D eigenvalue weighted by molar-refractivity contribution is -0.129. The summed E-state index contributed by atoms with van der Waals surface area (Å²) in [7, 11) is 0. The Kier molecular flexibility index (Phi) is 6.39. The second-order valence-electron chi connectivity index (χ2n) is 6.89. The van der Waals surface area contributed by atoms with Gasteiger partial charge in [0, 0.05) is 11.7 Å². The van der Waals surface area contributed by atoms with Crippen molar-refractivity contribution < 1.29 is 9.59 Å². The highest BCUT2D eigenvalue weighted by atomic mass is 16.2. The van der Waals surface area contributed by atoms with Crippen molar-refractivity contribution in [3.05, 3.63) is 65.7 Å². The van der Waals surface area contributed by atoms with Crippen LogP contribution in [0.5, 0.6) is 0 Å². The average Bonchev–Trinajstić information content (AvgIpc) is 2.61. The maximum atomic E-state index is 13.0. The molecular weight excluding hydrogens is 326 g/mol. The summed E-state index contributed by atoms with van der Waals surface area (Å²) in [4.78, 5) is 24.8. The molecule has 0 spiro atoms. The molecule has 1 atom stereocenters. The van der Waals surface area contributed by atoms with Gasteiger partial charge in [0.05, 0.1) is 6.54 Å². The third-order valence-electron chi connectivity index (χ3n) is 4.11. The molecule has 0 saturated carbocycles. The van der Waals surface area contributed by atoms with Gasteiger partial charge in [-0.15, -0.1) is 0 Å². The van der Waals surface area contributed by atoms with Crippen LogP contribution in [0.25, 0.3) is 0 Å². The second-order valence-corrected chi connectivity index (χ2v) is 6.89. The minimum absolute atomic E-state index is 0.0330. The Labute approximate surface area is 155 Å². The molecule has 138 valence electrons. The topological polar surface area (TPSA) is 70.2 Å². The normalized spacial score (nSPS) is 13.0. The minimum atomic E-state index is -1.01. The number of hydrogen-bond donors (Lipinski definition) is 3. The standard InChI is InChI=1S/C21H27N3O2/c1-15(2)23-19(25)14-22-20(26)21(4,17-8-6-5-7-9-17)24-18-12-10-16(3)11-13-18/h5-13,15,24H,14H2,1-4H3,(H,22,26)(H,23,25). The van der Waals surface area contributed by atoms with E-state index in [4.69, 9.17) is 0 Å². The molecule has 2 aromatic rings. The van der Waals surface area contributed by atoms with Crippen LogP contribution in [0.15, 0.2) is 54.6 Å². The molecular formula is C21H27N3O2. The van der Waals surface area contributed by atoms with Gasteiger partial charge < -0.3 is 16.0 Å². The van der Waals surface area contributed by atoms with Crippen molar-refractivity contribution >= 4 is 17.5 Å². The highest BCUT2D eigenvalue weighted by Gasteiger charge is 2.35. The SMILES string of the molecule is Cc1ccc(NC(C)(C(=O)NCC(=O)NC(C)C)c2ccccc2)cc1. The van der Waals surface area contributed by atoms with Gasteiger partial charge in [-0.2, -0.15) is 0 Å². The van der Waals surface area contributed by atoms with Crippen LogP contribution in [0.4, 0.5) is 5.69 Å². The van der Waals surface area contributed by atoms with E-state index in [1.165, 1.54) is 0 Å². The average molecular weight is 353 g/mol. The Morgan fingerprint density at radius 1 is 1.00 bits per heavy atom. The van der Waals surface area contributed by atoms with E-state index in [1.54, 1.807) is 0 Å². The van der Waals surface area contributed by atoms with Crippen LogP contribution in [0.1, 0.15) is 31.9 Å². The van der Waals surface area contributed by atoms with E-state index in [1.807, 2.05) is 82.3 Å². The fraction of sp³-hybridized carbons (Fsp3) is 0.333. The van der Waals surface area contributed by atoms with Crippen LogP contribution in [-0.4, -0.2) is 24.4 Å². The first-order chi connectivity index (χ1) is 12.3. The van der Waals surface area contributed by atoms with Gasteiger partial charge in [0.2, 0.25) is 11.8 Å². The molecule has 5 heteroatoms. The Balaban J connectivity index is 2.21. The quantitative estimate of drug-likeness (QED) is 0.717. The van der Waals surface area contributed by atoms with E-state index in [2.05, 4.69) is 16.0 Å². The Hall–Kier alpha value is -2.82. The van der Waals surface area contributed by atoms with Crippen LogP contribution < -0.4 is 16.0 Å². The fourth-order valence-corrected chi connectivity index (χ4v) is 2.67. The van der Waals surface area contributed by atoms with Crippen molar-refractivity contribution in [3.8, 4) is 0 Å². The van der Waals surface area contributed by atoms with Crippen LogP contribution in [0.3, 0.4) is 0 Å². The lowest BCUT2D eigenvalue weighted by Gasteiger charge is -2.31. The molecule has 0 aromatic heterocycles. The summed E-state index contributed by atoms with van der Waals surface area (Å²) in [6, 6.07) is 17.4. The zero-order valence-electron chi connectivity index (χ0n) is 15.8. The van der Waals surface area contributed by atoms with E-state index in [0.29, 0.717) is 0 Å². The summed E-state index contributed by atoms with van der Waals surface area (Å²) >= 11 is 0. The first-order valence-electron chi connectivity index (χ1n) is 8.79. The first-order valence-corrected chi connectivity index (χ1v) is 8.79. The molecule has 0 aliphatic heterocycles. The Morgan fingerprint density at radius 2 is 1.62 bits per heavy atom. The number of hydrogen-bond acceptors (Lipinski definition) is 3. The highest BCUT2D eigenvalue weighted by molar-refractivity contribution is 5.93. The van der Waals surface area contributed by atoms with Crippen LogP contribution >= 0.6 is 0 Å². The molecule has 2 amide bonds. The summed E-state index contributed by atoms with van der Waals surface area (Å²) in [6.07, 6.45) is 0. The molecule has 0 aliphatic rings. The molecule has 0 radical (unpaired) electrons. The number of aryl methyl sites for hydroxylation is 1. The summed E-state index contributed by atoms with van der Waals surface area (Å²) in [5.74, 6) is -0.470. The van der Waals surface area contributed by atoms with Gasteiger partial charge in [0.15, 0.2) is 0 Å². The summed E-state index contributed by atoms with van der Waals surface area (Å²) in [5.41, 5.74) is 1.80. The lowest BCUT2D eigenvalue weighted by atomic mass is 9.90. The first kappa shape index (κ1) is 19.5. The number of nitrogens with one attached hydrogen (secondary N) is 3. The second kappa shape index (κ2) is 8.52. The molecule has 2 aromatic carbocycles. The van der Waals surface area contributed by atoms with E-state index in [0.717, 1.165) is 16.8 Å². The van der Waals surface area contributed by atoms with Crippen molar-refractivity contribution in [1.82, 2.24) is 10.6 Å². The summed E-state index contributed by atoms with van der Waals surface area (Å²) in [5, 5.41) is 8.84. The van der Waals surface area contributed by atoms with Gasteiger partial charge in [0.25, 0.3) is 0 Å². The number of carbonyl (C=O) groups excluding carboxylic acids is 2. The van der Waals surface area contributed by atoms with E-state index in [-0.39, 0.29) is 24.4 Å². The van der Waals surface area contributed by atoms with Crippen LogP contribution in [0, 0.1) is 6.92 Å². The molecule has 1 unspecified atom stereocenters. The third kappa shape index (κ3) is 5.09. The Morgan fingerprint density at radius 3 is 2.19 bits per heavy atom. The molecule has 3 N–H and O–H groups in total. The van der Waals surface area contributed by atoms with E-state index < -0.39 is 5.54 Å². The molecule has 0 aliphatic carbocycles. The minimum Gasteiger partial charge on any atom is -0.368 e.